The topological polar surface area (TPSA) is 48.1 Å². The summed E-state index contributed by atoms with van der Waals surface area (Å²) in [6.07, 6.45) is 10.8. The zero-order valence-corrected chi connectivity index (χ0v) is 15.1. The summed E-state index contributed by atoms with van der Waals surface area (Å²) in [5, 5.41) is 8.70. The van der Waals surface area contributed by atoms with Crippen LogP contribution in [-0.4, -0.2) is 50.7 Å². The van der Waals surface area contributed by atoms with E-state index in [4.69, 9.17) is 4.74 Å². The van der Waals surface area contributed by atoms with Gasteiger partial charge in [-0.1, -0.05) is 6.08 Å². The maximum absolute atomic E-state index is 6.04. The Balaban J connectivity index is 1.39. The molecule has 4 rings (SSSR count). The summed E-state index contributed by atoms with van der Waals surface area (Å²) in [5.41, 5.74) is 3.89. The predicted octanol–water partition coefficient (Wildman–Crippen LogP) is 2.50. The van der Waals surface area contributed by atoms with Gasteiger partial charge in [-0.05, 0) is 31.4 Å². The molecule has 2 aromatic rings. The zero-order chi connectivity index (χ0) is 17.2. The van der Waals surface area contributed by atoms with Gasteiger partial charge in [-0.3, -0.25) is 14.3 Å². The van der Waals surface area contributed by atoms with Gasteiger partial charge >= 0.3 is 0 Å². The Kier molecular flexibility index (Phi) is 4.72. The maximum atomic E-state index is 6.04. The number of aryl methyl sites for hydroxylation is 2. The van der Waals surface area contributed by atoms with Crippen LogP contribution in [-0.2, 0) is 18.3 Å². The van der Waals surface area contributed by atoms with Crippen molar-refractivity contribution in [1.29, 1.82) is 0 Å². The molecule has 1 saturated heterocycles. The minimum absolute atomic E-state index is 0.197. The molecule has 0 aliphatic carbocycles. The Morgan fingerprint density at radius 3 is 2.92 bits per heavy atom. The van der Waals surface area contributed by atoms with Crippen LogP contribution in [0.3, 0.4) is 0 Å². The molecule has 2 aromatic heterocycles. The van der Waals surface area contributed by atoms with Crippen molar-refractivity contribution in [1.82, 2.24) is 24.5 Å². The van der Waals surface area contributed by atoms with Crippen molar-refractivity contribution < 1.29 is 4.74 Å². The first kappa shape index (κ1) is 16.5. The summed E-state index contributed by atoms with van der Waals surface area (Å²) >= 11 is 0. The molecule has 0 unspecified atom stereocenters. The van der Waals surface area contributed by atoms with Crippen molar-refractivity contribution in [2.75, 3.05) is 26.2 Å². The van der Waals surface area contributed by atoms with E-state index in [0.29, 0.717) is 5.92 Å². The zero-order valence-electron chi connectivity index (χ0n) is 15.1. The highest BCUT2D eigenvalue weighted by Gasteiger charge is 2.32. The first-order valence-electron chi connectivity index (χ1n) is 9.28. The Bertz CT molecular complexity index is 747. The lowest BCUT2D eigenvalue weighted by Crippen LogP contribution is -2.34. The van der Waals surface area contributed by atoms with Crippen LogP contribution in [0.25, 0.3) is 5.57 Å². The Morgan fingerprint density at radius 2 is 2.24 bits per heavy atom. The molecule has 2 atom stereocenters. The molecule has 0 N–H and O–H groups in total. The lowest BCUT2D eigenvalue weighted by atomic mass is 9.95. The van der Waals surface area contributed by atoms with Gasteiger partial charge in [0.2, 0.25) is 0 Å². The van der Waals surface area contributed by atoms with Crippen LogP contribution in [0, 0.1) is 5.92 Å². The Labute approximate surface area is 149 Å². The van der Waals surface area contributed by atoms with Crippen LogP contribution in [0.5, 0.6) is 0 Å². The van der Waals surface area contributed by atoms with E-state index in [2.05, 4.69) is 40.4 Å². The maximum Gasteiger partial charge on any atom is 0.0896 e. The van der Waals surface area contributed by atoms with Crippen LogP contribution >= 0.6 is 0 Å². The average Bonchev–Trinajstić information content (AvgIpc) is 3.36. The van der Waals surface area contributed by atoms with Crippen LogP contribution in [0.4, 0.5) is 0 Å². The Morgan fingerprint density at radius 1 is 1.32 bits per heavy atom. The summed E-state index contributed by atoms with van der Waals surface area (Å²) in [6, 6.07) is 2.10. The molecular weight excluding hydrogens is 314 g/mol. The summed E-state index contributed by atoms with van der Waals surface area (Å²) in [6.45, 7) is 7.09. The molecule has 6 nitrogen and oxygen atoms in total. The van der Waals surface area contributed by atoms with Crippen molar-refractivity contribution >= 4 is 5.57 Å². The molecule has 1 fully saturated rings. The quantitative estimate of drug-likeness (QED) is 0.838. The van der Waals surface area contributed by atoms with E-state index in [9.17, 15) is 0 Å². The summed E-state index contributed by atoms with van der Waals surface area (Å²) in [4.78, 5) is 2.55. The molecule has 134 valence electrons. The molecule has 0 bridgehead atoms. The normalized spacial score (nSPS) is 24.6. The highest BCUT2D eigenvalue weighted by atomic mass is 16.5. The van der Waals surface area contributed by atoms with Gasteiger partial charge in [0.1, 0.15) is 0 Å². The first-order valence-corrected chi connectivity index (χ1v) is 9.28. The van der Waals surface area contributed by atoms with Crippen LogP contribution in [0.2, 0.25) is 0 Å². The molecular formula is C19H27N5O. The molecule has 4 heterocycles. The molecule has 0 saturated carbocycles. The van der Waals surface area contributed by atoms with Crippen molar-refractivity contribution in [2.24, 2.45) is 13.0 Å². The third-order valence-corrected chi connectivity index (χ3v) is 5.46. The van der Waals surface area contributed by atoms with Crippen molar-refractivity contribution in [3.05, 3.63) is 42.0 Å². The standard InChI is InChI=1S/C19H27N5O/c1-3-24-14-17(12-21-24)19-16(7-11-25-19)13-23-9-5-15(6-10-23)18-4-8-20-22(18)2/h4-5,8,12,14,16,19H,3,6-7,9-11,13H2,1-2H3/t16-,19+/m1/s1. The minimum atomic E-state index is 0.197. The lowest BCUT2D eigenvalue weighted by molar-refractivity contribution is 0.0794. The van der Waals surface area contributed by atoms with E-state index in [1.807, 2.05) is 28.8 Å². The highest BCUT2D eigenvalue weighted by molar-refractivity contribution is 5.63. The van der Waals surface area contributed by atoms with E-state index in [1.54, 1.807) is 0 Å². The second kappa shape index (κ2) is 7.14. The molecule has 0 amide bonds. The van der Waals surface area contributed by atoms with Gasteiger partial charge in [-0.25, -0.2) is 0 Å². The van der Waals surface area contributed by atoms with E-state index < -0.39 is 0 Å². The molecule has 0 aromatic carbocycles. The second-order valence-electron chi connectivity index (χ2n) is 7.05. The summed E-state index contributed by atoms with van der Waals surface area (Å²) < 4.78 is 9.99. The van der Waals surface area contributed by atoms with Crippen molar-refractivity contribution in [3.63, 3.8) is 0 Å². The molecule has 0 radical (unpaired) electrons. The van der Waals surface area contributed by atoms with Crippen molar-refractivity contribution in [3.8, 4) is 0 Å². The van der Waals surface area contributed by atoms with E-state index >= 15 is 0 Å². The molecule has 2 aliphatic heterocycles. The fraction of sp³-hybridized carbons (Fsp3) is 0.579. The number of ether oxygens (including phenoxy) is 1. The third kappa shape index (κ3) is 3.41. The lowest BCUT2D eigenvalue weighted by Gasteiger charge is -2.30. The molecule has 25 heavy (non-hydrogen) atoms. The number of aromatic nitrogens is 4. The first-order chi connectivity index (χ1) is 12.2. The number of hydrogen-bond donors (Lipinski definition) is 0. The molecule has 0 spiro atoms. The van der Waals surface area contributed by atoms with Crippen LogP contribution in [0.15, 0.2) is 30.7 Å². The fourth-order valence-corrected chi connectivity index (χ4v) is 4.02. The fourth-order valence-electron chi connectivity index (χ4n) is 4.02. The van der Waals surface area contributed by atoms with Gasteiger partial charge in [0.25, 0.3) is 0 Å². The second-order valence-corrected chi connectivity index (χ2v) is 7.05. The van der Waals surface area contributed by atoms with E-state index in [1.165, 1.54) is 16.8 Å². The van der Waals surface area contributed by atoms with Crippen LogP contribution in [0.1, 0.15) is 37.1 Å². The average molecular weight is 341 g/mol. The van der Waals surface area contributed by atoms with Crippen LogP contribution < -0.4 is 0 Å². The highest BCUT2D eigenvalue weighted by Crippen LogP contribution is 2.35. The van der Waals surface area contributed by atoms with E-state index in [-0.39, 0.29) is 6.10 Å². The van der Waals surface area contributed by atoms with Gasteiger partial charge in [-0.2, -0.15) is 10.2 Å². The van der Waals surface area contributed by atoms with Gasteiger partial charge in [0, 0.05) is 63.7 Å². The van der Waals surface area contributed by atoms with Crippen molar-refractivity contribution in [2.45, 2.75) is 32.4 Å². The van der Waals surface area contributed by atoms with Gasteiger partial charge in [-0.15, -0.1) is 0 Å². The molecule has 2 aliphatic rings. The molecule has 6 heteroatoms. The summed E-state index contributed by atoms with van der Waals surface area (Å²) in [7, 11) is 2.01. The smallest absolute Gasteiger partial charge is 0.0896 e. The van der Waals surface area contributed by atoms with E-state index in [0.717, 1.165) is 45.6 Å². The minimum Gasteiger partial charge on any atom is -0.373 e. The predicted molar refractivity (Wildman–Crippen MR) is 96.9 cm³/mol. The third-order valence-electron chi connectivity index (χ3n) is 5.46. The summed E-state index contributed by atoms with van der Waals surface area (Å²) in [5.74, 6) is 0.557. The van der Waals surface area contributed by atoms with Gasteiger partial charge in [0.05, 0.1) is 18.0 Å². The SMILES string of the molecule is CCn1cc([C@H]2OCC[C@@H]2CN2CC=C(c3ccnn3C)CC2)cn1. The number of rotatable bonds is 5. The largest absolute Gasteiger partial charge is 0.373 e. The van der Waals surface area contributed by atoms with Gasteiger partial charge in [0.15, 0.2) is 0 Å². The number of nitrogens with zero attached hydrogens (tertiary/aromatic N) is 5. The number of hydrogen-bond acceptors (Lipinski definition) is 4. The Hall–Kier alpha value is -1.92. The monoisotopic (exact) mass is 341 g/mol. The van der Waals surface area contributed by atoms with Gasteiger partial charge < -0.3 is 4.74 Å².